The Kier molecular flexibility index (Phi) is 7.09. The van der Waals surface area contributed by atoms with E-state index >= 15 is 0 Å². The molecule has 0 amide bonds. The summed E-state index contributed by atoms with van der Waals surface area (Å²) in [5, 5.41) is 3.37. The Hall–Kier alpha value is -0.120. The third-order valence-electron chi connectivity index (χ3n) is 3.80. The van der Waals surface area contributed by atoms with Gasteiger partial charge in [0.1, 0.15) is 0 Å². The first-order valence-corrected chi connectivity index (χ1v) is 7.10. The van der Waals surface area contributed by atoms with Gasteiger partial charge in [0.2, 0.25) is 0 Å². The normalized spacial score (nSPS) is 21.0. The monoisotopic (exact) mass is 242 g/mol. The van der Waals surface area contributed by atoms with E-state index in [0.717, 1.165) is 25.7 Å². The van der Waals surface area contributed by atoms with Crippen LogP contribution in [0.25, 0.3) is 0 Å². The number of piperidine rings is 1. The molecule has 1 aliphatic rings. The fourth-order valence-electron chi connectivity index (χ4n) is 2.42. The first-order chi connectivity index (χ1) is 8.13. The van der Waals surface area contributed by atoms with E-state index in [1.54, 1.807) is 0 Å². The molecule has 3 heteroatoms. The largest absolute Gasteiger partial charge is 0.380 e. The first-order valence-electron chi connectivity index (χ1n) is 7.10. The smallest absolute Gasteiger partial charge is 0.0593 e. The van der Waals surface area contributed by atoms with Crippen LogP contribution < -0.4 is 5.32 Å². The summed E-state index contributed by atoms with van der Waals surface area (Å²) in [6, 6.07) is 0.661. The lowest BCUT2D eigenvalue weighted by Crippen LogP contribution is -2.41. The molecule has 1 unspecified atom stereocenters. The van der Waals surface area contributed by atoms with Crippen LogP contribution in [0.1, 0.15) is 33.6 Å². The fraction of sp³-hybridized carbons (Fsp3) is 1.00. The lowest BCUT2D eigenvalue weighted by atomic mass is 9.90. The van der Waals surface area contributed by atoms with E-state index in [9.17, 15) is 0 Å². The third-order valence-corrected chi connectivity index (χ3v) is 3.80. The molecule has 0 aromatic rings. The quantitative estimate of drug-likeness (QED) is 0.691. The molecular formula is C14H30N2O. The van der Waals surface area contributed by atoms with Gasteiger partial charge in [-0.1, -0.05) is 13.8 Å². The van der Waals surface area contributed by atoms with E-state index in [1.165, 1.54) is 25.9 Å². The highest BCUT2D eigenvalue weighted by atomic mass is 16.5. The molecule has 0 saturated carbocycles. The van der Waals surface area contributed by atoms with Crippen LogP contribution in [-0.4, -0.2) is 50.8 Å². The van der Waals surface area contributed by atoms with Crippen molar-refractivity contribution in [1.82, 2.24) is 10.2 Å². The van der Waals surface area contributed by atoms with Crippen molar-refractivity contribution in [3.8, 4) is 0 Å². The van der Waals surface area contributed by atoms with Gasteiger partial charge in [0.25, 0.3) is 0 Å². The van der Waals surface area contributed by atoms with E-state index in [1.807, 2.05) is 0 Å². The Balaban J connectivity index is 2.07. The molecule has 1 N–H and O–H groups in total. The summed E-state index contributed by atoms with van der Waals surface area (Å²) in [6.07, 6.45) is 2.65. The van der Waals surface area contributed by atoms with Crippen LogP contribution in [0.2, 0.25) is 0 Å². The van der Waals surface area contributed by atoms with Gasteiger partial charge in [-0.15, -0.1) is 0 Å². The summed E-state index contributed by atoms with van der Waals surface area (Å²) in [6.45, 7) is 12.1. The molecule has 3 nitrogen and oxygen atoms in total. The average Bonchev–Trinajstić information content (AvgIpc) is 2.34. The second kappa shape index (κ2) is 8.06. The van der Waals surface area contributed by atoms with E-state index in [-0.39, 0.29) is 0 Å². The Morgan fingerprint density at radius 3 is 2.41 bits per heavy atom. The first kappa shape index (κ1) is 14.9. The molecule has 0 aromatic carbocycles. The van der Waals surface area contributed by atoms with Crippen LogP contribution in [0.5, 0.6) is 0 Å². The zero-order valence-corrected chi connectivity index (χ0v) is 12.0. The number of rotatable bonds is 7. The molecule has 1 fully saturated rings. The van der Waals surface area contributed by atoms with Gasteiger partial charge in [0, 0.05) is 19.2 Å². The van der Waals surface area contributed by atoms with Crippen molar-refractivity contribution in [2.45, 2.75) is 39.7 Å². The SMILES string of the molecule is CNC(C)C1CCN(CCOCC(C)C)CC1. The van der Waals surface area contributed by atoms with Crippen molar-refractivity contribution in [1.29, 1.82) is 0 Å². The molecule has 1 atom stereocenters. The standard InChI is InChI=1S/C14H30N2O/c1-12(2)11-17-10-9-16-7-5-14(6-8-16)13(3)15-4/h12-15H,5-11H2,1-4H3. The van der Waals surface area contributed by atoms with Crippen molar-refractivity contribution < 1.29 is 4.74 Å². The predicted octanol–water partition coefficient (Wildman–Crippen LogP) is 1.98. The maximum absolute atomic E-state index is 5.64. The molecule has 1 heterocycles. The van der Waals surface area contributed by atoms with Crippen LogP contribution in [0, 0.1) is 11.8 Å². The number of nitrogens with zero attached hydrogens (tertiary/aromatic N) is 1. The number of ether oxygens (including phenoxy) is 1. The topological polar surface area (TPSA) is 24.5 Å². The van der Waals surface area contributed by atoms with Gasteiger partial charge in [0.15, 0.2) is 0 Å². The zero-order chi connectivity index (χ0) is 12.7. The van der Waals surface area contributed by atoms with Crippen molar-refractivity contribution >= 4 is 0 Å². The summed E-state index contributed by atoms with van der Waals surface area (Å²) in [5.41, 5.74) is 0. The van der Waals surface area contributed by atoms with Gasteiger partial charge in [-0.05, 0) is 51.7 Å². The van der Waals surface area contributed by atoms with E-state index in [2.05, 4.69) is 38.0 Å². The van der Waals surface area contributed by atoms with Crippen LogP contribution in [0.4, 0.5) is 0 Å². The highest BCUT2D eigenvalue weighted by molar-refractivity contribution is 4.78. The average molecular weight is 242 g/mol. The van der Waals surface area contributed by atoms with Gasteiger partial charge in [-0.2, -0.15) is 0 Å². The summed E-state index contributed by atoms with van der Waals surface area (Å²) >= 11 is 0. The molecule has 0 spiro atoms. The number of nitrogens with one attached hydrogen (secondary N) is 1. The molecule has 17 heavy (non-hydrogen) atoms. The minimum Gasteiger partial charge on any atom is -0.380 e. The molecule has 1 saturated heterocycles. The zero-order valence-electron chi connectivity index (χ0n) is 12.0. The Labute approximate surface area is 107 Å². The minimum atomic E-state index is 0.650. The molecule has 0 bridgehead atoms. The molecular weight excluding hydrogens is 212 g/mol. The number of hydrogen-bond acceptors (Lipinski definition) is 3. The third kappa shape index (κ3) is 5.84. The maximum atomic E-state index is 5.64. The van der Waals surface area contributed by atoms with E-state index in [4.69, 9.17) is 4.74 Å². The summed E-state index contributed by atoms with van der Waals surface area (Å²) in [7, 11) is 2.07. The Morgan fingerprint density at radius 2 is 1.88 bits per heavy atom. The summed E-state index contributed by atoms with van der Waals surface area (Å²) < 4.78 is 5.64. The number of hydrogen-bond donors (Lipinski definition) is 1. The maximum Gasteiger partial charge on any atom is 0.0593 e. The second-order valence-corrected chi connectivity index (χ2v) is 5.73. The van der Waals surface area contributed by atoms with Gasteiger partial charge in [0.05, 0.1) is 6.61 Å². The highest BCUT2D eigenvalue weighted by Gasteiger charge is 2.22. The molecule has 1 aliphatic heterocycles. The fourth-order valence-corrected chi connectivity index (χ4v) is 2.42. The van der Waals surface area contributed by atoms with Gasteiger partial charge >= 0.3 is 0 Å². The second-order valence-electron chi connectivity index (χ2n) is 5.73. The Bertz CT molecular complexity index is 189. The van der Waals surface area contributed by atoms with E-state index in [0.29, 0.717) is 12.0 Å². The molecule has 0 radical (unpaired) electrons. The molecule has 102 valence electrons. The lowest BCUT2D eigenvalue weighted by Gasteiger charge is -2.34. The molecule has 1 rings (SSSR count). The summed E-state index contributed by atoms with van der Waals surface area (Å²) in [5.74, 6) is 1.50. The van der Waals surface area contributed by atoms with E-state index < -0.39 is 0 Å². The van der Waals surface area contributed by atoms with Crippen LogP contribution in [0.15, 0.2) is 0 Å². The van der Waals surface area contributed by atoms with Crippen molar-refractivity contribution in [2.75, 3.05) is 39.9 Å². The van der Waals surface area contributed by atoms with Crippen molar-refractivity contribution in [3.05, 3.63) is 0 Å². The predicted molar refractivity (Wildman–Crippen MR) is 73.3 cm³/mol. The Morgan fingerprint density at radius 1 is 1.24 bits per heavy atom. The molecule has 0 aromatic heterocycles. The van der Waals surface area contributed by atoms with Crippen LogP contribution >= 0.6 is 0 Å². The van der Waals surface area contributed by atoms with Gasteiger partial charge in [-0.3, -0.25) is 0 Å². The van der Waals surface area contributed by atoms with Crippen LogP contribution in [0.3, 0.4) is 0 Å². The van der Waals surface area contributed by atoms with Crippen molar-refractivity contribution in [2.24, 2.45) is 11.8 Å². The number of likely N-dealkylation sites (tertiary alicyclic amines) is 1. The van der Waals surface area contributed by atoms with Crippen molar-refractivity contribution in [3.63, 3.8) is 0 Å². The highest BCUT2D eigenvalue weighted by Crippen LogP contribution is 2.20. The van der Waals surface area contributed by atoms with Crippen LogP contribution in [-0.2, 0) is 4.74 Å². The minimum absolute atomic E-state index is 0.650. The lowest BCUT2D eigenvalue weighted by molar-refractivity contribution is 0.0713. The molecule has 0 aliphatic carbocycles. The van der Waals surface area contributed by atoms with Gasteiger partial charge in [-0.25, -0.2) is 0 Å². The summed E-state index contributed by atoms with van der Waals surface area (Å²) in [4.78, 5) is 2.54. The van der Waals surface area contributed by atoms with Gasteiger partial charge < -0.3 is 15.0 Å².